The number of thioether (sulfide) groups is 1. The Kier molecular flexibility index (Phi) is 6.13. The molecule has 0 saturated carbocycles. The summed E-state index contributed by atoms with van der Waals surface area (Å²) in [5.74, 6) is 0. The number of rotatable bonds is 2. The van der Waals surface area contributed by atoms with Crippen LogP contribution in [0.15, 0.2) is 17.1 Å². The van der Waals surface area contributed by atoms with E-state index in [1.54, 1.807) is 17.0 Å². The fraction of sp³-hybridized carbons (Fsp3) is 0.526. The third-order valence-corrected chi connectivity index (χ3v) is 5.82. The number of aliphatic imine (C=N–C) groups is 1. The molecule has 2 heterocycles. The van der Waals surface area contributed by atoms with Crippen LogP contribution in [0.5, 0.6) is 0 Å². The number of nitrogens with zero attached hydrogens (tertiary/aromatic N) is 4. The van der Waals surface area contributed by atoms with Gasteiger partial charge in [0.25, 0.3) is 0 Å². The lowest BCUT2D eigenvalue weighted by Gasteiger charge is -2.60. The third kappa shape index (κ3) is 4.85. The number of halogens is 2. The highest BCUT2D eigenvalue weighted by Crippen LogP contribution is 2.47. The van der Waals surface area contributed by atoms with Crippen molar-refractivity contribution in [3.63, 3.8) is 0 Å². The zero-order chi connectivity index (χ0) is 21.4. The van der Waals surface area contributed by atoms with Gasteiger partial charge in [-0.2, -0.15) is 5.26 Å². The molecule has 0 radical (unpaired) electrons. The molecule has 3 rings (SSSR count). The molecule has 1 spiro atoms. The number of nitriles is 1. The zero-order valence-electron chi connectivity index (χ0n) is 16.8. The second-order valence-corrected chi connectivity index (χ2v) is 9.92. The number of likely N-dealkylation sites (tertiary alicyclic amines) is 1. The van der Waals surface area contributed by atoms with E-state index in [0.717, 1.165) is 18.8 Å². The first-order valence-corrected chi connectivity index (χ1v) is 11.0. The van der Waals surface area contributed by atoms with Gasteiger partial charge < -0.3 is 14.5 Å². The summed E-state index contributed by atoms with van der Waals surface area (Å²) in [7, 11) is 0. The molecule has 1 aromatic rings. The average Bonchev–Trinajstić information content (AvgIpc) is 2.52. The summed E-state index contributed by atoms with van der Waals surface area (Å²) in [6.07, 6.45) is 3.40. The molecule has 1 amide bonds. The van der Waals surface area contributed by atoms with Gasteiger partial charge in [-0.15, -0.1) is 0 Å². The molecule has 10 heteroatoms. The number of hydrogen-bond acceptors (Lipinski definition) is 6. The molecule has 2 aliphatic heterocycles. The predicted octanol–water partition coefficient (Wildman–Crippen LogP) is 4.47. The van der Waals surface area contributed by atoms with Gasteiger partial charge in [0, 0.05) is 31.6 Å². The molecule has 0 bridgehead atoms. The highest BCUT2D eigenvalue weighted by Gasteiger charge is 2.54. The fourth-order valence-corrected chi connectivity index (χ4v) is 4.61. The van der Waals surface area contributed by atoms with E-state index in [2.05, 4.69) is 15.2 Å². The van der Waals surface area contributed by atoms with Crippen LogP contribution in [-0.2, 0) is 4.74 Å². The van der Waals surface area contributed by atoms with Crippen molar-refractivity contribution >= 4 is 57.6 Å². The van der Waals surface area contributed by atoms with Gasteiger partial charge in [-0.3, -0.25) is 5.32 Å². The van der Waals surface area contributed by atoms with E-state index < -0.39 is 5.60 Å². The highest BCUT2D eigenvalue weighted by atomic mass is 35.5. The van der Waals surface area contributed by atoms with Gasteiger partial charge in [0.1, 0.15) is 5.60 Å². The van der Waals surface area contributed by atoms with Crippen molar-refractivity contribution in [3.05, 3.63) is 22.2 Å². The number of ether oxygens (including phenoxy) is 1. The Bertz CT molecular complexity index is 857. The van der Waals surface area contributed by atoms with Gasteiger partial charge in [-0.25, -0.2) is 9.79 Å². The Morgan fingerprint density at radius 2 is 1.86 bits per heavy atom. The van der Waals surface area contributed by atoms with Crippen molar-refractivity contribution in [1.29, 1.82) is 5.26 Å². The summed E-state index contributed by atoms with van der Waals surface area (Å²) in [5.41, 5.74) is 0.928. The standard InChI is InChI=1S/C19H23Cl2N5O2S/c1-18(2,3)28-17(27)26-9-19(10-26)7-25(8-19)15-13(20)5-12(6-14(15)21)24-16(29-4)23-11-22/h5-6H,7-10H2,1-4H3,(H,23,24). The zero-order valence-corrected chi connectivity index (χ0v) is 19.1. The van der Waals surface area contributed by atoms with Crippen molar-refractivity contribution in [1.82, 2.24) is 10.2 Å². The molecule has 0 atom stereocenters. The van der Waals surface area contributed by atoms with Crippen molar-refractivity contribution in [2.45, 2.75) is 26.4 Å². The molecule has 1 aromatic carbocycles. The molecule has 2 aliphatic rings. The van der Waals surface area contributed by atoms with Crippen LogP contribution in [0.1, 0.15) is 20.8 Å². The van der Waals surface area contributed by atoms with Crippen LogP contribution in [0.3, 0.4) is 0 Å². The quantitative estimate of drug-likeness (QED) is 0.306. The van der Waals surface area contributed by atoms with Crippen molar-refractivity contribution in [2.75, 3.05) is 37.3 Å². The largest absolute Gasteiger partial charge is 0.444 e. The topological polar surface area (TPSA) is 81.0 Å². The lowest BCUT2D eigenvalue weighted by atomic mass is 9.73. The summed E-state index contributed by atoms with van der Waals surface area (Å²) in [6.45, 7) is 8.49. The first-order chi connectivity index (χ1) is 13.6. The molecule has 0 aliphatic carbocycles. The number of amides is 1. The number of amidine groups is 1. The molecule has 7 nitrogen and oxygen atoms in total. The second kappa shape index (κ2) is 8.13. The lowest BCUT2D eigenvalue weighted by Crippen LogP contribution is -2.73. The van der Waals surface area contributed by atoms with Crippen LogP contribution in [0.4, 0.5) is 16.2 Å². The number of nitrogens with one attached hydrogen (secondary N) is 1. The normalized spacial score (nSPS) is 18.0. The van der Waals surface area contributed by atoms with E-state index >= 15 is 0 Å². The smallest absolute Gasteiger partial charge is 0.410 e. The van der Waals surface area contributed by atoms with Gasteiger partial charge in [-0.05, 0) is 39.2 Å². The first-order valence-electron chi connectivity index (χ1n) is 9.05. The predicted molar refractivity (Wildman–Crippen MR) is 118 cm³/mol. The van der Waals surface area contributed by atoms with Crippen LogP contribution in [0.25, 0.3) is 0 Å². The van der Waals surface area contributed by atoms with Crippen LogP contribution in [0, 0.1) is 16.9 Å². The maximum absolute atomic E-state index is 12.1. The SMILES string of the molecule is CSC(=Nc1cc(Cl)c(N2CC3(CN(C(=O)OC(C)(C)C)C3)C2)c(Cl)c1)NC#N. The number of carbonyl (C=O) groups excluding carboxylic acids is 1. The van der Waals surface area contributed by atoms with Crippen molar-refractivity contribution in [3.8, 4) is 6.19 Å². The highest BCUT2D eigenvalue weighted by molar-refractivity contribution is 8.13. The van der Waals surface area contributed by atoms with E-state index in [1.807, 2.05) is 33.2 Å². The maximum atomic E-state index is 12.1. The van der Waals surface area contributed by atoms with Gasteiger partial charge in [-0.1, -0.05) is 35.0 Å². The van der Waals surface area contributed by atoms with Crippen LogP contribution < -0.4 is 10.2 Å². The Balaban J connectivity index is 1.63. The second-order valence-electron chi connectivity index (χ2n) is 8.31. The minimum absolute atomic E-state index is 0.0725. The Hall–Kier alpha value is -1.82. The fourth-order valence-electron chi connectivity index (χ4n) is 3.55. The Morgan fingerprint density at radius 3 is 2.34 bits per heavy atom. The number of carbonyl (C=O) groups is 1. The molecule has 156 valence electrons. The minimum Gasteiger partial charge on any atom is -0.444 e. The molecular formula is C19H23Cl2N5O2S. The molecule has 29 heavy (non-hydrogen) atoms. The van der Waals surface area contributed by atoms with Gasteiger partial charge in [0.15, 0.2) is 11.4 Å². The summed E-state index contributed by atoms with van der Waals surface area (Å²) < 4.78 is 5.42. The van der Waals surface area contributed by atoms with Crippen LogP contribution in [0.2, 0.25) is 10.0 Å². The molecule has 0 aromatic heterocycles. The summed E-state index contributed by atoms with van der Waals surface area (Å²) in [4.78, 5) is 20.3. The van der Waals surface area contributed by atoms with Crippen LogP contribution in [-0.4, -0.2) is 54.2 Å². The third-order valence-electron chi connectivity index (χ3n) is 4.66. The lowest BCUT2D eigenvalue weighted by molar-refractivity contribution is -0.0452. The summed E-state index contributed by atoms with van der Waals surface area (Å²) in [6, 6.07) is 3.47. The number of hydrogen-bond donors (Lipinski definition) is 1. The van der Waals surface area contributed by atoms with E-state index in [-0.39, 0.29) is 11.5 Å². The van der Waals surface area contributed by atoms with E-state index in [0.29, 0.717) is 34.0 Å². The Morgan fingerprint density at radius 1 is 1.28 bits per heavy atom. The number of benzene rings is 1. The van der Waals surface area contributed by atoms with E-state index in [4.69, 9.17) is 33.2 Å². The van der Waals surface area contributed by atoms with E-state index in [1.165, 1.54) is 11.8 Å². The molecular weight excluding hydrogens is 433 g/mol. The average molecular weight is 456 g/mol. The maximum Gasteiger partial charge on any atom is 0.410 e. The van der Waals surface area contributed by atoms with Gasteiger partial charge in [0.05, 0.1) is 21.4 Å². The molecule has 2 saturated heterocycles. The van der Waals surface area contributed by atoms with Gasteiger partial charge >= 0.3 is 6.09 Å². The van der Waals surface area contributed by atoms with Crippen molar-refractivity contribution < 1.29 is 9.53 Å². The minimum atomic E-state index is -0.490. The summed E-state index contributed by atoms with van der Waals surface area (Å²) in [5, 5.41) is 12.7. The monoisotopic (exact) mass is 455 g/mol. The number of anilines is 1. The first kappa shape index (κ1) is 21.9. The molecule has 0 unspecified atom stereocenters. The Labute approximate surface area is 185 Å². The molecule has 1 N–H and O–H groups in total. The van der Waals surface area contributed by atoms with Gasteiger partial charge in [0.2, 0.25) is 0 Å². The van der Waals surface area contributed by atoms with Crippen LogP contribution >= 0.6 is 35.0 Å². The van der Waals surface area contributed by atoms with E-state index in [9.17, 15) is 4.79 Å². The summed E-state index contributed by atoms with van der Waals surface area (Å²) >= 11 is 14.3. The molecule has 2 fully saturated rings. The van der Waals surface area contributed by atoms with Crippen molar-refractivity contribution in [2.24, 2.45) is 10.4 Å².